The molecule has 0 aliphatic heterocycles. The van der Waals surface area contributed by atoms with E-state index in [-0.39, 0.29) is 28.3 Å². The zero-order chi connectivity index (χ0) is 31.9. The molecule has 0 atom stereocenters. The van der Waals surface area contributed by atoms with E-state index in [9.17, 15) is 24.3 Å². The topological polar surface area (TPSA) is 153 Å². The number of anilines is 2. The van der Waals surface area contributed by atoms with Crippen LogP contribution >= 0.6 is 0 Å². The number of fused-ring (bicyclic) bond motifs is 2. The highest BCUT2D eigenvalue weighted by Crippen LogP contribution is 2.25. The summed E-state index contributed by atoms with van der Waals surface area (Å²) < 4.78 is 0. The third-order valence-corrected chi connectivity index (χ3v) is 6.93. The highest BCUT2D eigenvalue weighted by atomic mass is 16.4. The maximum absolute atomic E-state index is 12.4. The van der Waals surface area contributed by atoms with Crippen LogP contribution in [0.5, 0.6) is 5.75 Å². The normalized spacial score (nSPS) is 10.4. The molecule has 0 radical (unpaired) electrons. The smallest absolute Gasteiger partial charge is 0.339 e. The van der Waals surface area contributed by atoms with Crippen molar-refractivity contribution in [3.63, 3.8) is 0 Å². The van der Waals surface area contributed by atoms with Gasteiger partial charge in [0.25, 0.3) is 11.8 Å². The van der Waals surface area contributed by atoms with E-state index in [0.717, 1.165) is 27.6 Å². The van der Waals surface area contributed by atoms with Gasteiger partial charge in [-0.05, 0) is 76.8 Å². The van der Waals surface area contributed by atoms with Gasteiger partial charge in [0, 0.05) is 27.9 Å². The molecule has 0 aliphatic carbocycles. The summed E-state index contributed by atoms with van der Waals surface area (Å²) in [7, 11) is 0. The predicted molar refractivity (Wildman–Crippen MR) is 172 cm³/mol. The minimum atomic E-state index is -1.29. The van der Waals surface area contributed by atoms with Crippen LogP contribution in [0, 0.1) is 0 Å². The summed E-state index contributed by atoms with van der Waals surface area (Å²) in [4.78, 5) is 46.4. The first-order chi connectivity index (χ1) is 21.7. The van der Waals surface area contributed by atoms with Gasteiger partial charge in [-0.1, -0.05) is 66.7 Å². The zero-order valence-electron chi connectivity index (χ0n) is 23.6. The summed E-state index contributed by atoms with van der Waals surface area (Å²) in [6.07, 6.45) is 0. The average molecular weight is 599 g/mol. The van der Waals surface area contributed by atoms with Gasteiger partial charge in [0.15, 0.2) is 0 Å². The van der Waals surface area contributed by atoms with Gasteiger partial charge in [0.1, 0.15) is 11.3 Å². The molecule has 45 heavy (non-hydrogen) atoms. The molecule has 0 aliphatic rings. The Morgan fingerprint density at radius 1 is 0.489 bits per heavy atom. The summed E-state index contributed by atoms with van der Waals surface area (Å²) in [5.41, 5.74) is 1.76. The van der Waals surface area contributed by atoms with Crippen LogP contribution in [-0.2, 0) is 0 Å². The van der Waals surface area contributed by atoms with Gasteiger partial charge < -0.3 is 26.0 Å². The fraction of sp³-hybridized carbons (Fsp3) is 0. The van der Waals surface area contributed by atoms with E-state index < -0.39 is 17.8 Å². The van der Waals surface area contributed by atoms with Crippen LogP contribution in [0.4, 0.5) is 11.4 Å². The monoisotopic (exact) mass is 598 g/mol. The third-order valence-electron chi connectivity index (χ3n) is 6.93. The molecule has 0 saturated carbocycles. The summed E-state index contributed by atoms with van der Waals surface area (Å²) in [5.74, 6) is -3.39. The molecule has 0 unspecified atom stereocenters. The Bertz CT molecular complexity index is 2070. The van der Waals surface area contributed by atoms with Crippen LogP contribution in [0.1, 0.15) is 41.4 Å². The minimum Gasteiger partial charge on any atom is -0.507 e. The van der Waals surface area contributed by atoms with Crippen molar-refractivity contribution in [3.8, 4) is 5.75 Å². The van der Waals surface area contributed by atoms with Gasteiger partial charge in [-0.15, -0.1) is 0 Å². The highest BCUT2D eigenvalue weighted by molar-refractivity contribution is 6.10. The molecule has 6 aromatic rings. The van der Waals surface area contributed by atoms with Crippen LogP contribution in [0.25, 0.3) is 21.5 Å². The molecule has 222 valence electrons. The van der Waals surface area contributed by atoms with Gasteiger partial charge >= 0.3 is 11.9 Å². The summed E-state index contributed by atoms with van der Waals surface area (Å²) in [5, 5.41) is 37.0. The Balaban J connectivity index is 0.000000178. The van der Waals surface area contributed by atoms with Gasteiger partial charge in [-0.2, -0.15) is 0 Å². The van der Waals surface area contributed by atoms with Crippen molar-refractivity contribution in [1.29, 1.82) is 0 Å². The maximum atomic E-state index is 12.4. The van der Waals surface area contributed by atoms with Crippen molar-refractivity contribution in [1.82, 2.24) is 0 Å². The lowest BCUT2D eigenvalue weighted by atomic mass is 10.1. The number of hydrogen-bond acceptors (Lipinski definition) is 5. The summed E-state index contributed by atoms with van der Waals surface area (Å²) >= 11 is 0. The molecule has 9 heteroatoms. The molecule has 2 amide bonds. The number of phenols is 1. The van der Waals surface area contributed by atoms with Crippen molar-refractivity contribution in [2.24, 2.45) is 0 Å². The fourth-order valence-corrected chi connectivity index (χ4v) is 4.61. The number of aromatic hydroxyl groups is 1. The molecule has 0 heterocycles. The minimum absolute atomic E-state index is 0.155. The number of carboxylic acid groups (broad SMARTS) is 2. The Hall–Kier alpha value is -6.48. The largest absolute Gasteiger partial charge is 0.507 e. The van der Waals surface area contributed by atoms with Crippen molar-refractivity contribution in [2.45, 2.75) is 0 Å². The summed E-state index contributed by atoms with van der Waals surface area (Å²) in [6, 6.07) is 36.3. The molecule has 0 bridgehead atoms. The second-order valence-corrected chi connectivity index (χ2v) is 9.92. The lowest BCUT2D eigenvalue weighted by Gasteiger charge is -2.09. The molecule has 0 saturated heterocycles. The first-order valence-electron chi connectivity index (χ1n) is 13.7. The molecule has 5 N–H and O–H groups in total. The van der Waals surface area contributed by atoms with E-state index in [1.165, 1.54) is 36.4 Å². The SMILES string of the molecule is O=C(Nc1cccc2ccccc12)c1ccc(O)c(C(=O)O)c1.O=C(O)c1ccc(C(=O)Nc2ccc3ccccc3c2)cc1. The van der Waals surface area contributed by atoms with Crippen LogP contribution in [-0.4, -0.2) is 39.1 Å². The first kappa shape index (κ1) is 30.0. The Kier molecular flexibility index (Phi) is 8.81. The maximum Gasteiger partial charge on any atom is 0.339 e. The number of carboxylic acids is 2. The fourth-order valence-electron chi connectivity index (χ4n) is 4.61. The lowest BCUT2D eigenvalue weighted by Crippen LogP contribution is -2.13. The number of hydrogen-bond donors (Lipinski definition) is 5. The number of rotatable bonds is 6. The van der Waals surface area contributed by atoms with E-state index in [2.05, 4.69) is 10.6 Å². The second kappa shape index (κ2) is 13.2. The van der Waals surface area contributed by atoms with Gasteiger partial charge in [0.2, 0.25) is 0 Å². The van der Waals surface area contributed by atoms with Crippen LogP contribution in [0.2, 0.25) is 0 Å². The molecule has 9 nitrogen and oxygen atoms in total. The van der Waals surface area contributed by atoms with E-state index in [1.807, 2.05) is 78.9 Å². The third kappa shape index (κ3) is 7.12. The number of carbonyl (C=O) groups excluding carboxylic acids is 2. The zero-order valence-corrected chi connectivity index (χ0v) is 23.6. The number of benzene rings is 6. The van der Waals surface area contributed by atoms with Gasteiger partial charge in [0.05, 0.1) is 5.56 Å². The van der Waals surface area contributed by atoms with Gasteiger partial charge in [-0.3, -0.25) is 9.59 Å². The number of nitrogens with one attached hydrogen (secondary N) is 2. The standard InChI is InChI=1S/C18H13NO4.C18H13NO3/c20-16-9-8-12(10-14(16)18(22)23)17(21)19-15-7-3-5-11-4-1-2-6-13(11)15;20-17(13-5-7-14(8-6-13)18(21)22)19-16-10-9-12-3-1-2-4-15(12)11-16/h1-10,20H,(H,19,21)(H,22,23);1-11H,(H,19,20)(H,21,22). The lowest BCUT2D eigenvalue weighted by molar-refractivity contribution is 0.0684. The van der Waals surface area contributed by atoms with Crippen molar-refractivity contribution >= 4 is 56.7 Å². The molecule has 0 spiro atoms. The van der Waals surface area contributed by atoms with E-state index in [4.69, 9.17) is 10.2 Å². The van der Waals surface area contributed by atoms with E-state index in [1.54, 1.807) is 6.07 Å². The molecular formula is C36H26N2O7. The number of amides is 2. The van der Waals surface area contributed by atoms with E-state index in [0.29, 0.717) is 16.9 Å². The quantitative estimate of drug-likeness (QED) is 0.135. The second-order valence-electron chi connectivity index (χ2n) is 9.92. The van der Waals surface area contributed by atoms with Crippen LogP contribution < -0.4 is 10.6 Å². The predicted octanol–water partition coefficient (Wildman–Crippen LogP) is 7.29. The molecule has 6 aromatic carbocycles. The van der Waals surface area contributed by atoms with Crippen LogP contribution in [0.3, 0.4) is 0 Å². The molecule has 0 fully saturated rings. The molecule has 6 rings (SSSR count). The van der Waals surface area contributed by atoms with Crippen molar-refractivity contribution in [3.05, 3.63) is 150 Å². The molecular weight excluding hydrogens is 572 g/mol. The Labute approximate surface area is 257 Å². The Morgan fingerprint density at radius 3 is 1.80 bits per heavy atom. The van der Waals surface area contributed by atoms with Crippen molar-refractivity contribution < 1.29 is 34.5 Å². The Morgan fingerprint density at radius 2 is 1.09 bits per heavy atom. The highest BCUT2D eigenvalue weighted by Gasteiger charge is 2.15. The van der Waals surface area contributed by atoms with E-state index >= 15 is 0 Å². The van der Waals surface area contributed by atoms with Crippen LogP contribution in [0.15, 0.2) is 127 Å². The summed E-state index contributed by atoms with van der Waals surface area (Å²) in [6.45, 7) is 0. The average Bonchev–Trinajstić information content (AvgIpc) is 3.05. The first-order valence-corrected chi connectivity index (χ1v) is 13.7. The number of aromatic carboxylic acids is 2. The van der Waals surface area contributed by atoms with Crippen molar-refractivity contribution in [2.75, 3.05) is 10.6 Å². The molecule has 0 aromatic heterocycles. The van der Waals surface area contributed by atoms with Gasteiger partial charge in [-0.25, -0.2) is 9.59 Å². The number of carbonyl (C=O) groups is 4.